The van der Waals surface area contributed by atoms with Gasteiger partial charge >= 0.3 is 0 Å². The van der Waals surface area contributed by atoms with Crippen molar-refractivity contribution < 1.29 is 14.3 Å². The van der Waals surface area contributed by atoms with Crippen molar-refractivity contribution in [2.75, 3.05) is 32.8 Å². The molecule has 0 spiro atoms. The third-order valence-electron chi connectivity index (χ3n) is 4.61. The molecule has 1 unspecified atom stereocenters. The van der Waals surface area contributed by atoms with Gasteiger partial charge in [-0.25, -0.2) is 0 Å². The fourth-order valence-electron chi connectivity index (χ4n) is 3.23. The van der Waals surface area contributed by atoms with E-state index in [1.807, 2.05) is 37.3 Å². The number of nitrogens with one attached hydrogen (secondary N) is 1. The molecule has 1 heterocycles. The maximum atomic E-state index is 12.2. The Morgan fingerprint density at radius 2 is 2.00 bits per heavy atom. The SMILES string of the molecule is CCOc1ccccc1/C=C/C(=O)NCC1CN(Cc2ccccc2)CCO1. The van der Waals surface area contributed by atoms with E-state index in [4.69, 9.17) is 9.47 Å². The molecule has 1 fully saturated rings. The standard InChI is InChI=1S/C23H28N2O3/c1-2-27-22-11-7-6-10-20(22)12-13-23(26)24-16-21-18-25(14-15-28-21)17-19-8-4-3-5-9-19/h3-13,21H,2,14-18H2,1H3,(H,24,26)/b13-12+. The minimum atomic E-state index is -0.130. The van der Waals surface area contributed by atoms with E-state index in [1.165, 1.54) is 5.56 Å². The average Bonchev–Trinajstić information content (AvgIpc) is 2.73. The highest BCUT2D eigenvalue weighted by molar-refractivity contribution is 5.92. The Bertz CT molecular complexity index is 776. The lowest BCUT2D eigenvalue weighted by atomic mass is 10.2. The van der Waals surface area contributed by atoms with E-state index < -0.39 is 0 Å². The van der Waals surface area contributed by atoms with Crippen molar-refractivity contribution in [3.05, 3.63) is 71.8 Å². The Kier molecular flexibility index (Phi) is 7.64. The molecular formula is C23H28N2O3. The fraction of sp³-hybridized carbons (Fsp3) is 0.348. The maximum Gasteiger partial charge on any atom is 0.244 e. The molecule has 28 heavy (non-hydrogen) atoms. The largest absolute Gasteiger partial charge is 0.493 e. The molecule has 3 rings (SSSR count). The topological polar surface area (TPSA) is 50.8 Å². The molecule has 1 N–H and O–H groups in total. The van der Waals surface area contributed by atoms with Crippen LogP contribution in [-0.4, -0.2) is 49.8 Å². The molecule has 5 nitrogen and oxygen atoms in total. The zero-order chi connectivity index (χ0) is 19.6. The molecule has 1 aliphatic heterocycles. The number of carbonyl (C=O) groups is 1. The second-order valence-electron chi connectivity index (χ2n) is 6.76. The summed E-state index contributed by atoms with van der Waals surface area (Å²) >= 11 is 0. The molecule has 1 aliphatic rings. The number of amides is 1. The summed E-state index contributed by atoms with van der Waals surface area (Å²) in [5.41, 5.74) is 2.19. The molecule has 148 valence electrons. The third kappa shape index (κ3) is 6.22. The summed E-state index contributed by atoms with van der Waals surface area (Å²) in [5.74, 6) is 0.649. The van der Waals surface area contributed by atoms with Gasteiger partial charge in [-0.2, -0.15) is 0 Å². The van der Waals surface area contributed by atoms with Gasteiger partial charge in [0.05, 0.1) is 19.3 Å². The summed E-state index contributed by atoms with van der Waals surface area (Å²) in [6.07, 6.45) is 3.33. The van der Waals surface area contributed by atoms with Gasteiger partial charge in [0, 0.05) is 37.8 Å². The molecule has 2 aromatic rings. The van der Waals surface area contributed by atoms with Gasteiger partial charge in [-0.1, -0.05) is 48.5 Å². The summed E-state index contributed by atoms with van der Waals surface area (Å²) in [4.78, 5) is 14.6. The zero-order valence-electron chi connectivity index (χ0n) is 16.3. The van der Waals surface area contributed by atoms with Gasteiger partial charge in [-0.05, 0) is 24.6 Å². The van der Waals surface area contributed by atoms with E-state index in [1.54, 1.807) is 12.2 Å². The van der Waals surface area contributed by atoms with Crippen molar-refractivity contribution in [3.8, 4) is 5.75 Å². The van der Waals surface area contributed by atoms with E-state index >= 15 is 0 Å². The summed E-state index contributed by atoms with van der Waals surface area (Å²) in [6, 6.07) is 18.1. The van der Waals surface area contributed by atoms with E-state index in [-0.39, 0.29) is 12.0 Å². The van der Waals surface area contributed by atoms with Crippen LogP contribution in [-0.2, 0) is 16.1 Å². The van der Waals surface area contributed by atoms with Crippen molar-refractivity contribution in [2.24, 2.45) is 0 Å². The second kappa shape index (κ2) is 10.6. The molecule has 1 saturated heterocycles. The maximum absolute atomic E-state index is 12.2. The van der Waals surface area contributed by atoms with Crippen LogP contribution >= 0.6 is 0 Å². The van der Waals surface area contributed by atoms with Gasteiger partial charge in [-0.15, -0.1) is 0 Å². The van der Waals surface area contributed by atoms with Crippen molar-refractivity contribution in [1.82, 2.24) is 10.2 Å². The van der Waals surface area contributed by atoms with Crippen LogP contribution in [0.5, 0.6) is 5.75 Å². The number of para-hydroxylation sites is 1. The Balaban J connectivity index is 1.46. The predicted molar refractivity (Wildman–Crippen MR) is 111 cm³/mol. The van der Waals surface area contributed by atoms with Crippen LogP contribution in [0.3, 0.4) is 0 Å². The number of ether oxygens (including phenoxy) is 2. The Hall–Kier alpha value is -2.63. The molecular weight excluding hydrogens is 352 g/mol. The van der Waals surface area contributed by atoms with Gasteiger partial charge in [0.25, 0.3) is 0 Å². The average molecular weight is 380 g/mol. The summed E-state index contributed by atoms with van der Waals surface area (Å²) in [7, 11) is 0. The number of benzene rings is 2. The van der Waals surface area contributed by atoms with Crippen molar-refractivity contribution >= 4 is 12.0 Å². The normalized spacial score (nSPS) is 17.5. The minimum Gasteiger partial charge on any atom is -0.493 e. The Morgan fingerprint density at radius 3 is 2.82 bits per heavy atom. The van der Waals surface area contributed by atoms with Gasteiger partial charge in [-0.3, -0.25) is 9.69 Å². The van der Waals surface area contributed by atoms with Gasteiger partial charge in [0.1, 0.15) is 5.75 Å². The monoisotopic (exact) mass is 380 g/mol. The lowest BCUT2D eigenvalue weighted by Crippen LogP contribution is -2.46. The Labute approximate surface area is 167 Å². The molecule has 0 bridgehead atoms. The second-order valence-corrected chi connectivity index (χ2v) is 6.76. The van der Waals surface area contributed by atoms with E-state index in [2.05, 4.69) is 34.5 Å². The first kappa shape index (κ1) is 20.1. The fourth-order valence-corrected chi connectivity index (χ4v) is 3.23. The van der Waals surface area contributed by atoms with Gasteiger partial charge in [0.15, 0.2) is 0 Å². The number of nitrogens with zero attached hydrogens (tertiary/aromatic N) is 1. The lowest BCUT2D eigenvalue weighted by molar-refractivity contribution is -0.117. The third-order valence-corrected chi connectivity index (χ3v) is 4.61. The lowest BCUT2D eigenvalue weighted by Gasteiger charge is -2.33. The quantitative estimate of drug-likeness (QED) is 0.715. The first-order valence-electron chi connectivity index (χ1n) is 9.80. The van der Waals surface area contributed by atoms with Crippen LogP contribution in [0.25, 0.3) is 6.08 Å². The molecule has 0 radical (unpaired) electrons. The molecule has 1 amide bonds. The number of hydrogen-bond donors (Lipinski definition) is 1. The van der Waals surface area contributed by atoms with Crippen LogP contribution in [0.1, 0.15) is 18.1 Å². The van der Waals surface area contributed by atoms with Gasteiger partial charge in [0.2, 0.25) is 5.91 Å². The first-order valence-corrected chi connectivity index (χ1v) is 9.80. The smallest absolute Gasteiger partial charge is 0.244 e. The first-order chi connectivity index (χ1) is 13.7. The highest BCUT2D eigenvalue weighted by atomic mass is 16.5. The van der Waals surface area contributed by atoms with Gasteiger partial charge < -0.3 is 14.8 Å². The number of morpholine rings is 1. The highest BCUT2D eigenvalue weighted by Crippen LogP contribution is 2.19. The minimum absolute atomic E-state index is 0.00511. The summed E-state index contributed by atoms with van der Waals surface area (Å²) in [6.45, 7) is 6.35. The Morgan fingerprint density at radius 1 is 1.21 bits per heavy atom. The molecule has 0 aliphatic carbocycles. The van der Waals surface area contributed by atoms with Crippen molar-refractivity contribution in [2.45, 2.75) is 19.6 Å². The van der Waals surface area contributed by atoms with Crippen LogP contribution in [0.4, 0.5) is 0 Å². The highest BCUT2D eigenvalue weighted by Gasteiger charge is 2.20. The number of rotatable bonds is 8. The molecule has 0 aromatic heterocycles. The number of carbonyl (C=O) groups excluding carboxylic acids is 1. The molecule has 1 atom stereocenters. The van der Waals surface area contributed by atoms with Crippen LogP contribution in [0.2, 0.25) is 0 Å². The van der Waals surface area contributed by atoms with Crippen LogP contribution in [0, 0.1) is 0 Å². The molecule has 2 aromatic carbocycles. The summed E-state index contributed by atoms with van der Waals surface area (Å²) in [5, 5.41) is 2.94. The molecule has 0 saturated carbocycles. The molecule has 5 heteroatoms. The zero-order valence-corrected chi connectivity index (χ0v) is 16.3. The van der Waals surface area contributed by atoms with Crippen LogP contribution in [0.15, 0.2) is 60.7 Å². The van der Waals surface area contributed by atoms with Crippen LogP contribution < -0.4 is 10.1 Å². The summed E-state index contributed by atoms with van der Waals surface area (Å²) < 4.78 is 11.4. The van der Waals surface area contributed by atoms with E-state index in [0.29, 0.717) is 19.8 Å². The predicted octanol–water partition coefficient (Wildman–Crippen LogP) is 3.12. The van der Waals surface area contributed by atoms with Crippen molar-refractivity contribution in [3.63, 3.8) is 0 Å². The number of hydrogen-bond acceptors (Lipinski definition) is 4. The van der Waals surface area contributed by atoms with E-state index in [0.717, 1.165) is 30.9 Å². The van der Waals surface area contributed by atoms with E-state index in [9.17, 15) is 4.79 Å². The van der Waals surface area contributed by atoms with Crippen molar-refractivity contribution in [1.29, 1.82) is 0 Å².